The largest absolute Gasteiger partial charge is 0.465 e. The van der Waals surface area contributed by atoms with Crippen LogP contribution >= 0.6 is 15.9 Å². The van der Waals surface area contributed by atoms with Crippen LogP contribution in [-0.4, -0.2) is 20.3 Å². The molecule has 1 aliphatic rings. The maximum atomic E-state index is 13.4. The summed E-state index contributed by atoms with van der Waals surface area (Å²) in [5.41, 5.74) is 4.53. The number of esters is 1. The van der Waals surface area contributed by atoms with Gasteiger partial charge in [0.15, 0.2) is 0 Å². The summed E-state index contributed by atoms with van der Waals surface area (Å²) in [5.74, 6) is 0.282. The highest BCUT2D eigenvalue weighted by atomic mass is 79.9. The highest BCUT2D eigenvalue weighted by Gasteiger charge is 2.28. The van der Waals surface area contributed by atoms with Crippen molar-refractivity contribution in [3.05, 3.63) is 110 Å². The molecule has 0 saturated heterocycles. The van der Waals surface area contributed by atoms with Gasteiger partial charge in [-0.2, -0.15) is 0 Å². The number of halogens is 1. The second-order valence-corrected chi connectivity index (χ2v) is 9.17. The number of allylic oxidation sites excluding steroid dienone is 1. The van der Waals surface area contributed by atoms with E-state index in [1.165, 1.54) is 10.5 Å². The second kappa shape index (κ2) is 8.63. The Kier molecular flexibility index (Phi) is 5.30. The fourth-order valence-corrected chi connectivity index (χ4v) is 4.81. The minimum Gasteiger partial charge on any atom is -0.465 e. The number of nitrogens with zero attached hydrogens (tertiary/aromatic N) is 3. The fourth-order valence-electron chi connectivity index (χ4n) is 4.47. The van der Waals surface area contributed by atoms with E-state index in [1.54, 1.807) is 24.6 Å². The van der Waals surface area contributed by atoms with Crippen molar-refractivity contribution in [1.29, 1.82) is 0 Å². The maximum Gasteiger partial charge on any atom is 0.339 e. The van der Waals surface area contributed by atoms with E-state index in [0.717, 1.165) is 44.4 Å². The van der Waals surface area contributed by atoms with E-state index in [-0.39, 0.29) is 12.2 Å². The normalized spacial score (nSPS) is 14.0. The lowest BCUT2D eigenvalue weighted by molar-refractivity contribution is 0.0469. The van der Waals surface area contributed by atoms with Crippen LogP contribution in [0, 0.1) is 0 Å². The average molecular weight is 528 g/mol. The van der Waals surface area contributed by atoms with Crippen LogP contribution < -0.4 is 5.56 Å². The zero-order valence-corrected chi connectivity index (χ0v) is 20.0. The summed E-state index contributed by atoms with van der Waals surface area (Å²) in [6.45, 7) is -0.110. The standard InChI is InChI=1S/C27H18BrN3O4/c28-17-8-10-23-29-18(13-24(32)31(23)14-17)15-35-27(33)25-20-5-1-2-6-22(20)30-26-16(7-9-21(25)26)12-19-4-3-11-34-19/h1-6,8,10-14H,7,9,15H2/b16-12+. The summed E-state index contributed by atoms with van der Waals surface area (Å²) >= 11 is 3.35. The van der Waals surface area contributed by atoms with Gasteiger partial charge in [-0.15, -0.1) is 0 Å². The molecular formula is C27H18BrN3O4. The SMILES string of the molecule is O=C(OCc1cc(=O)n2cc(Br)ccc2n1)c1c2c(nc3ccccc13)/C(=C/c1ccco1)CC2. The number of para-hydroxylation sites is 1. The van der Waals surface area contributed by atoms with Crippen molar-refractivity contribution in [3.63, 3.8) is 0 Å². The average Bonchev–Trinajstić information content (AvgIpc) is 3.52. The molecule has 5 aromatic rings. The summed E-state index contributed by atoms with van der Waals surface area (Å²) in [7, 11) is 0. The summed E-state index contributed by atoms with van der Waals surface area (Å²) < 4.78 is 13.4. The van der Waals surface area contributed by atoms with Gasteiger partial charge in [-0.05, 0) is 76.3 Å². The van der Waals surface area contributed by atoms with Gasteiger partial charge < -0.3 is 9.15 Å². The summed E-state index contributed by atoms with van der Waals surface area (Å²) in [6, 6.07) is 16.2. The van der Waals surface area contributed by atoms with Gasteiger partial charge in [-0.1, -0.05) is 18.2 Å². The summed E-state index contributed by atoms with van der Waals surface area (Å²) in [4.78, 5) is 35.2. The molecule has 0 aliphatic heterocycles. The molecule has 1 aromatic carbocycles. The topological polar surface area (TPSA) is 86.7 Å². The monoisotopic (exact) mass is 527 g/mol. The number of hydrogen-bond donors (Lipinski definition) is 0. The number of aromatic nitrogens is 3. The first kappa shape index (κ1) is 21.5. The van der Waals surface area contributed by atoms with Gasteiger partial charge in [0.1, 0.15) is 18.0 Å². The van der Waals surface area contributed by atoms with Crippen molar-refractivity contribution in [1.82, 2.24) is 14.4 Å². The van der Waals surface area contributed by atoms with Crippen molar-refractivity contribution in [2.75, 3.05) is 0 Å². The molecule has 0 radical (unpaired) electrons. The van der Waals surface area contributed by atoms with Crippen LogP contribution in [0.5, 0.6) is 0 Å². The van der Waals surface area contributed by atoms with Crippen LogP contribution in [0.15, 0.2) is 80.7 Å². The molecule has 1 aliphatic carbocycles. The van der Waals surface area contributed by atoms with E-state index in [0.29, 0.717) is 23.3 Å². The zero-order chi connectivity index (χ0) is 23.9. The molecule has 7 nitrogen and oxygen atoms in total. The molecule has 4 aromatic heterocycles. The predicted octanol–water partition coefficient (Wildman–Crippen LogP) is 5.44. The lowest BCUT2D eigenvalue weighted by Gasteiger charge is -2.12. The fraction of sp³-hybridized carbons (Fsp3) is 0.111. The Bertz CT molecular complexity index is 1700. The minimum absolute atomic E-state index is 0.110. The number of pyridine rings is 2. The van der Waals surface area contributed by atoms with Gasteiger partial charge in [0.05, 0.1) is 28.7 Å². The molecule has 0 fully saturated rings. The molecule has 0 spiro atoms. The van der Waals surface area contributed by atoms with Gasteiger partial charge in [0.2, 0.25) is 0 Å². The van der Waals surface area contributed by atoms with Crippen LogP contribution in [0.3, 0.4) is 0 Å². The van der Waals surface area contributed by atoms with Crippen molar-refractivity contribution in [3.8, 4) is 0 Å². The predicted molar refractivity (Wildman–Crippen MR) is 135 cm³/mol. The quantitative estimate of drug-likeness (QED) is 0.289. The molecular weight excluding hydrogens is 510 g/mol. The number of furan rings is 1. The highest BCUT2D eigenvalue weighted by Crippen LogP contribution is 2.37. The molecule has 0 atom stereocenters. The Hall–Kier alpha value is -4.04. The molecule has 172 valence electrons. The molecule has 6 rings (SSSR count). The van der Waals surface area contributed by atoms with Gasteiger partial charge in [-0.25, -0.2) is 14.8 Å². The Morgan fingerprint density at radius 1 is 1.11 bits per heavy atom. The highest BCUT2D eigenvalue weighted by molar-refractivity contribution is 9.10. The molecule has 0 N–H and O–H groups in total. The second-order valence-electron chi connectivity index (χ2n) is 8.25. The molecule has 0 bridgehead atoms. The van der Waals surface area contributed by atoms with Crippen molar-refractivity contribution in [2.24, 2.45) is 0 Å². The number of ether oxygens (including phenoxy) is 1. The molecule has 8 heteroatoms. The molecule has 4 heterocycles. The van der Waals surface area contributed by atoms with Gasteiger partial charge >= 0.3 is 5.97 Å². The van der Waals surface area contributed by atoms with Gasteiger partial charge in [-0.3, -0.25) is 9.20 Å². The number of carbonyl (C=O) groups excluding carboxylic acids is 1. The van der Waals surface area contributed by atoms with Crippen molar-refractivity contribution in [2.45, 2.75) is 19.4 Å². The first-order chi connectivity index (χ1) is 17.1. The lowest BCUT2D eigenvalue weighted by Crippen LogP contribution is -2.17. The summed E-state index contributed by atoms with van der Waals surface area (Å²) in [6.07, 6.45) is 6.67. The van der Waals surface area contributed by atoms with Gasteiger partial charge in [0.25, 0.3) is 5.56 Å². The third-order valence-corrected chi connectivity index (χ3v) is 6.50. The van der Waals surface area contributed by atoms with E-state index in [2.05, 4.69) is 20.9 Å². The summed E-state index contributed by atoms with van der Waals surface area (Å²) in [5, 5.41) is 0.742. The molecule has 0 unspecified atom stereocenters. The molecule has 0 saturated carbocycles. The first-order valence-corrected chi connectivity index (χ1v) is 11.9. The minimum atomic E-state index is -0.461. The number of hydrogen-bond acceptors (Lipinski definition) is 6. The maximum absolute atomic E-state index is 13.4. The Labute approximate surface area is 207 Å². The third kappa shape index (κ3) is 3.95. The van der Waals surface area contributed by atoms with Gasteiger partial charge in [0, 0.05) is 22.1 Å². The van der Waals surface area contributed by atoms with E-state index in [4.69, 9.17) is 14.1 Å². The van der Waals surface area contributed by atoms with E-state index >= 15 is 0 Å². The van der Waals surface area contributed by atoms with Crippen molar-refractivity contribution >= 4 is 50.1 Å². The first-order valence-electron chi connectivity index (χ1n) is 11.1. The lowest BCUT2D eigenvalue weighted by atomic mass is 10.0. The number of benzene rings is 1. The van der Waals surface area contributed by atoms with E-state index < -0.39 is 5.97 Å². The number of carbonyl (C=O) groups is 1. The number of fused-ring (bicyclic) bond motifs is 3. The third-order valence-electron chi connectivity index (χ3n) is 6.03. The van der Waals surface area contributed by atoms with E-state index in [1.807, 2.05) is 42.5 Å². The molecule has 35 heavy (non-hydrogen) atoms. The van der Waals surface area contributed by atoms with E-state index in [9.17, 15) is 9.59 Å². The molecule has 0 amide bonds. The van der Waals surface area contributed by atoms with Crippen LogP contribution in [0.25, 0.3) is 28.2 Å². The van der Waals surface area contributed by atoms with Crippen LogP contribution in [0.1, 0.15) is 39.5 Å². The Balaban J connectivity index is 1.37. The smallest absolute Gasteiger partial charge is 0.339 e. The van der Waals surface area contributed by atoms with Crippen LogP contribution in [0.2, 0.25) is 0 Å². The van der Waals surface area contributed by atoms with Crippen molar-refractivity contribution < 1.29 is 13.9 Å². The van der Waals surface area contributed by atoms with Crippen LogP contribution in [0.4, 0.5) is 0 Å². The Morgan fingerprint density at radius 2 is 2.00 bits per heavy atom. The van der Waals surface area contributed by atoms with Crippen LogP contribution in [-0.2, 0) is 17.8 Å². The number of rotatable bonds is 4. The zero-order valence-electron chi connectivity index (χ0n) is 18.4. The Morgan fingerprint density at radius 3 is 2.86 bits per heavy atom.